The zero-order valence-electron chi connectivity index (χ0n) is 16.8. The van der Waals surface area contributed by atoms with E-state index in [2.05, 4.69) is 22.1 Å². The molecule has 0 spiro atoms. The summed E-state index contributed by atoms with van der Waals surface area (Å²) in [5.74, 6) is 1.58. The van der Waals surface area contributed by atoms with Crippen LogP contribution >= 0.6 is 0 Å². The quantitative estimate of drug-likeness (QED) is 0.829. The summed E-state index contributed by atoms with van der Waals surface area (Å²) in [5.41, 5.74) is 3.02. The van der Waals surface area contributed by atoms with Crippen LogP contribution in [0.4, 0.5) is 10.5 Å². The maximum absolute atomic E-state index is 12.6. The first-order valence-electron chi connectivity index (χ1n) is 9.56. The smallest absolute Gasteiger partial charge is 0.321 e. The van der Waals surface area contributed by atoms with E-state index in [9.17, 15) is 4.79 Å². The van der Waals surface area contributed by atoms with Crippen molar-refractivity contribution in [1.29, 1.82) is 0 Å². The van der Waals surface area contributed by atoms with Gasteiger partial charge in [-0.3, -0.25) is 9.88 Å². The van der Waals surface area contributed by atoms with Gasteiger partial charge in [-0.1, -0.05) is 6.92 Å². The lowest BCUT2D eigenvalue weighted by Crippen LogP contribution is -2.49. The fourth-order valence-corrected chi connectivity index (χ4v) is 3.36. The van der Waals surface area contributed by atoms with E-state index >= 15 is 0 Å². The molecule has 0 saturated carbocycles. The second-order valence-electron chi connectivity index (χ2n) is 6.80. The van der Waals surface area contributed by atoms with Crippen LogP contribution in [-0.2, 0) is 13.0 Å². The van der Waals surface area contributed by atoms with Crippen LogP contribution in [0.25, 0.3) is 0 Å². The third-order valence-electron chi connectivity index (χ3n) is 5.01. The fourth-order valence-electron chi connectivity index (χ4n) is 3.36. The molecule has 1 aliphatic rings. The maximum Gasteiger partial charge on any atom is 0.321 e. The summed E-state index contributed by atoms with van der Waals surface area (Å²) in [6, 6.07) is 7.79. The number of anilines is 1. The van der Waals surface area contributed by atoms with Crippen LogP contribution in [0, 0.1) is 0 Å². The Bertz CT molecular complexity index is 782. The normalized spacial score (nSPS) is 14.6. The van der Waals surface area contributed by atoms with Crippen molar-refractivity contribution in [1.82, 2.24) is 14.8 Å². The largest absolute Gasteiger partial charge is 0.497 e. The van der Waals surface area contributed by atoms with E-state index in [0.29, 0.717) is 13.1 Å². The predicted octanol–water partition coefficient (Wildman–Crippen LogP) is 3.01. The van der Waals surface area contributed by atoms with Crippen molar-refractivity contribution in [2.75, 3.05) is 45.7 Å². The minimum atomic E-state index is -0.0644. The second kappa shape index (κ2) is 9.41. The van der Waals surface area contributed by atoms with Crippen molar-refractivity contribution >= 4 is 11.7 Å². The van der Waals surface area contributed by atoms with E-state index in [4.69, 9.17) is 9.47 Å². The van der Waals surface area contributed by atoms with E-state index in [1.807, 2.05) is 29.2 Å². The van der Waals surface area contributed by atoms with Crippen molar-refractivity contribution in [3.63, 3.8) is 0 Å². The predicted molar refractivity (Wildman–Crippen MR) is 109 cm³/mol. The van der Waals surface area contributed by atoms with Crippen LogP contribution in [0.1, 0.15) is 18.1 Å². The van der Waals surface area contributed by atoms with Crippen molar-refractivity contribution < 1.29 is 14.3 Å². The Morgan fingerprint density at radius 2 is 1.79 bits per heavy atom. The molecule has 1 N–H and O–H groups in total. The van der Waals surface area contributed by atoms with Crippen LogP contribution < -0.4 is 14.8 Å². The van der Waals surface area contributed by atoms with Crippen LogP contribution in [-0.4, -0.2) is 61.2 Å². The van der Waals surface area contributed by atoms with Gasteiger partial charge in [0.05, 0.1) is 26.1 Å². The Hall–Kier alpha value is -2.80. The minimum Gasteiger partial charge on any atom is -0.497 e. The molecular formula is C21H28N4O3. The van der Waals surface area contributed by atoms with Gasteiger partial charge in [-0.2, -0.15) is 0 Å². The lowest BCUT2D eigenvalue weighted by atomic mass is 10.1. The maximum atomic E-state index is 12.6. The van der Waals surface area contributed by atoms with Gasteiger partial charge >= 0.3 is 6.03 Å². The van der Waals surface area contributed by atoms with Crippen LogP contribution in [0.3, 0.4) is 0 Å². The molecule has 28 heavy (non-hydrogen) atoms. The van der Waals surface area contributed by atoms with Crippen molar-refractivity contribution in [3.8, 4) is 11.5 Å². The Morgan fingerprint density at radius 3 is 2.39 bits per heavy atom. The van der Waals surface area contributed by atoms with Gasteiger partial charge in [-0.05, 0) is 35.7 Å². The summed E-state index contributed by atoms with van der Waals surface area (Å²) in [7, 11) is 3.31. The molecule has 2 aromatic rings. The average molecular weight is 384 g/mol. The molecule has 2 heterocycles. The number of hydrogen-bond acceptors (Lipinski definition) is 5. The number of benzene rings is 1. The molecule has 0 radical (unpaired) electrons. The van der Waals surface area contributed by atoms with Gasteiger partial charge < -0.3 is 19.7 Å². The summed E-state index contributed by atoms with van der Waals surface area (Å²) in [6.45, 7) is 5.88. The van der Waals surface area contributed by atoms with E-state index in [1.54, 1.807) is 26.6 Å². The summed E-state index contributed by atoms with van der Waals surface area (Å²) in [5, 5.41) is 3.00. The van der Waals surface area contributed by atoms with Gasteiger partial charge in [-0.15, -0.1) is 0 Å². The van der Waals surface area contributed by atoms with E-state index in [1.165, 1.54) is 0 Å². The van der Waals surface area contributed by atoms with Crippen molar-refractivity contribution in [3.05, 3.63) is 47.8 Å². The van der Waals surface area contributed by atoms with Gasteiger partial charge in [0.1, 0.15) is 11.5 Å². The molecule has 1 aromatic heterocycles. The first-order valence-corrected chi connectivity index (χ1v) is 9.56. The van der Waals surface area contributed by atoms with E-state index < -0.39 is 0 Å². The number of pyridine rings is 1. The topological polar surface area (TPSA) is 66.9 Å². The highest BCUT2D eigenvalue weighted by molar-refractivity contribution is 5.90. The number of aryl methyl sites for hydroxylation is 1. The van der Waals surface area contributed by atoms with Crippen LogP contribution in [0.5, 0.6) is 11.5 Å². The number of rotatable bonds is 6. The number of hydrogen-bond donors (Lipinski definition) is 1. The highest BCUT2D eigenvalue weighted by atomic mass is 16.5. The van der Waals surface area contributed by atoms with Gasteiger partial charge in [0.2, 0.25) is 0 Å². The van der Waals surface area contributed by atoms with Crippen LogP contribution in [0.2, 0.25) is 0 Å². The third kappa shape index (κ3) is 4.92. The molecular weight excluding hydrogens is 356 g/mol. The van der Waals surface area contributed by atoms with Gasteiger partial charge in [0, 0.05) is 45.0 Å². The SMILES string of the molecule is CCc1ccncc1NC(=O)N1CCN(Cc2cc(OC)cc(OC)c2)CC1. The standard InChI is InChI=1S/C21H28N4O3/c1-4-17-5-6-22-14-20(17)23-21(26)25-9-7-24(8-10-25)15-16-11-18(27-2)13-19(12-16)28-3/h5-6,11-14H,4,7-10,15H2,1-3H3,(H,23,26). The summed E-state index contributed by atoms with van der Waals surface area (Å²) in [6.07, 6.45) is 4.32. The molecule has 0 bridgehead atoms. The Morgan fingerprint density at radius 1 is 1.11 bits per heavy atom. The number of nitrogens with one attached hydrogen (secondary N) is 1. The number of aromatic nitrogens is 1. The number of urea groups is 1. The molecule has 150 valence electrons. The van der Waals surface area contributed by atoms with Gasteiger partial charge in [-0.25, -0.2) is 4.79 Å². The number of methoxy groups -OCH3 is 2. The molecule has 3 rings (SSSR count). The Labute approximate surface area is 166 Å². The Balaban J connectivity index is 1.55. The Kier molecular flexibility index (Phi) is 6.71. The molecule has 0 unspecified atom stereocenters. The third-order valence-corrected chi connectivity index (χ3v) is 5.01. The van der Waals surface area contributed by atoms with Crippen molar-refractivity contribution in [2.45, 2.75) is 19.9 Å². The molecule has 1 saturated heterocycles. The monoisotopic (exact) mass is 384 g/mol. The molecule has 7 heteroatoms. The highest BCUT2D eigenvalue weighted by Crippen LogP contribution is 2.24. The minimum absolute atomic E-state index is 0.0644. The molecule has 7 nitrogen and oxygen atoms in total. The summed E-state index contributed by atoms with van der Waals surface area (Å²) in [4.78, 5) is 20.9. The molecule has 0 atom stereocenters. The zero-order chi connectivity index (χ0) is 19.9. The molecule has 2 amide bonds. The number of ether oxygens (including phenoxy) is 2. The number of nitrogens with zero attached hydrogens (tertiary/aromatic N) is 3. The lowest BCUT2D eigenvalue weighted by molar-refractivity contribution is 0.143. The zero-order valence-corrected chi connectivity index (χ0v) is 16.8. The first kappa shape index (κ1) is 19.9. The van der Waals surface area contributed by atoms with Crippen LogP contribution in [0.15, 0.2) is 36.7 Å². The molecule has 0 aliphatic carbocycles. The molecule has 1 aliphatic heterocycles. The number of carbonyl (C=O) groups excluding carboxylic acids is 1. The van der Waals surface area contributed by atoms with Gasteiger partial charge in [0.25, 0.3) is 0 Å². The van der Waals surface area contributed by atoms with Gasteiger partial charge in [0.15, 0.2) is 0 Å². The second-order valence-corrected chi connectivity index (χ2v) is 6.80. The molecule has 1 fully saturated rings. The van der Waals surface area contributed by atoms with E-state index in [-0.39, 0.29) is 6.03 Å². The lowest BCUT2D eigenvalue weighted by Gasteiger charge is -2.34. The number of piperazine rings is 1. The highest BCUT2D eigenvalue weighted by Gasteiger charge is 2.22. The summed E-state index contributed by atoms with van der Waals surface area (Å²) < 4.78 is 10.7. The average Bonchev–Trinajstić information content (AvgIpc) is 2.74. The molecule has 1 aromatic carbocycles. The number of amides is 2. The van der Waals surface area contributed by atoms with E-state index in [0.717, 1.165) is 54.4 Å². The first-order chi connectivity index (χ1) is 13.6. The summed E-state index contributed by atoms with van der Waals surface area (Å²) >= 11 is 0. The van der Waals surface area contributed by atoms with Crippen molar-refractivity contribution in [2.24, 2.45) is 0 Å². The fraction of sp³-hybridized carbons (Fsp3) is 0.429. The number of carbonyl (C=O) groups is 1.